The molecule has 1 fully saturated rings. The van der Waals surface area contributed by atoms with Crippen molar-refractivity contribution in [3.05, 3.63) is 29.8 Å². The maximum Gasteiger partial charge on any atom is 0.317 e. The largest absolute Gasteiger partial charge is 0.496 e. The monoisotopic (exact) mass is 348 g/mol. The minimum atomic E-state index is -0.854. The Balaban J connectivity index is 2.04. The number of methoxy groups -OCH3 is 1. The highest BCUT2D eigenvalue weighted by atomic mass is 16.5. The molecule has 0 radical (unpaired) electrons. The molecule has 1 saturated heterocycles. The van der Waals surface area contributed by atoms with E-state index in [0.717, 1.165) is 11.3 Å². The van der Waals surface area contributed by atoms with Crippen LogP contribution in [-0.2, 0) is 11.2 Å². The fraction of sp³-hybridized carbons (Fsp3) is 0.579. The number of nitrogens with one attached hydrogen (secondary N) is 1. The number of nitrogens with zero attached hydrogens (tertiary/aromatic N) is 1. The van der Waals surface area contributed by atoms with Gasteiger partial charge < -0.3 is 20.1 Å². The van der Waals surface area contributed by atoms with Crippen LogP contribution in [0.25, 0.3) is 0 Å². The molecule has 2 unspecified atom stereocenters. The Bertz CT molecular complexity index is 632. The average Bonchev–Trinajstić information content (AvgIpc) is 2.98. The molecule has 1 aliphatic heterocycles. The van der Waals surface area contributed by atoms with Crippen molar-refractivity contribution in [2.24, 2.45) is 11.3 Å². The lowest BCUT2D eigenvalue weighted by Gasteiger charge is -2.27. The molecule has 0 saturated carbocycles. The van der Waals surface area contributed by atoms with E-state index in [4.69, 9.17) is 4.74 Å². The molecule has 2 atom stereocenters. The Labute approximate surface area is 149 Å². The quantitative estimate of drug-likeness (QED) is 0.828. The summed E-state index contributed by atoms with van der Waals surface area (Å²) in [4.78, 5) is 25.6. The number of amides is 2. The molecule has 0 aliphatic carbocycles. The summed E-state index contributed by atoms with van der Waals surface area (Å²) in [6, 6.07) is 7.53. The van der Waals surface area contributed by atoms with Crippen LogP contribution in [0.5, 0.6) is 5.75 Å². The molecule has 0 bridgehead atoms. The van der Waals surface area contributed by atoms with E-state index in [1.165, 1.54) is 0 Å². The van der Waals surface area contributed by atoms with Crippen LogP contribution in [-0.4, -0.2) is 48.2 Å². The number of carboxylic acids is 1. The second kappa shape index (κ2) is 7.76. The number of carbonyl (C=O) groups is 2. The van der Waals surface area contributed by atoms with Gasteiger partial charge in [0.15, 0.2) is 0 Å². The van der Waals surface area contributed by atoms with Crippen molar-refractivity contribution in [1.82, 2.24) is 10.2 Å². The van der Waals surface area contributed by atoms with Gasteiger partial charge in [-0.05, 0) is 37.3 Å². The number of rotatable bonds is 6. The maximum absolute atomic E-state index is 12.6. The van der Waals surface area contributed by atoms with Crippen molar-refractivity contribution in [1.29, 1.82) is 0 Å². The molecule has 0 spiro atoms. The second-order valence-electron chi connectivity index (χ2n) is 7.35. The predicted octanol–water partition coefficient (Wildman–Crippen LogP) is 2.77. The second-order valence-corrected chi connectivity index (χ2v) is 7.35. The maximum atomic E-state index is 12.6. The van der Waals surface area contributed by atoms with Crippen LogP contribution in [0.3, 0.4) is 0 Å². The molecule has 1 heterocycles. The van der Waals surface area contributed by atoms with Gasteiger partial charge in [-0.1, -0.05) is 32.0 Å². The van der Waals surface area contributed by atoms with Gasteiger partial charge in [-0.3, -0.25) is 4.79 Å². The van der Waals surface area contributed by atoms with Crippen molar-refractivity contribution in [3.8, 4) is 5.75 Å². The van der Waals surface area contributed by atoms with E-state index >= 15 is 0 Å². The van der Waals surface area contributed by atoms with Gasteiger partial charge >= 0.3 is 12.0 Å². The highest BCUT2D eigenvalue weighted by Crippen LogP contribution is 2.30. The van der Waals surface area contributed by atoms with Crippen molar-refractivity contribution in [2.75, 3.05) is 20.2 Å². The summed E-state index contributed by atoms with van der Waals surface area (Å²) in [6.45, 7) is 6.52. The zero-order chi connectivity index (χ0) is 18.6. The first kappa shape index (κ1) is 19.1. The van der Waals surface area contributed by atoms with E-state index in [1.807, 2.05) is 24.3 Å². The van der Waals surface area contributed by atoms with Crippen LogP contribution >= 0.6 is 0 Å². The Morgan fingerprint density at radius 1 is 1.36 bits per heavy atom. The topological polar surface area (TPSA) is 78.9 Å². The number of ether oxygens (including phenoxy) is 1. The predicted molar refractivity (Wildman–Crippen MR) is 95.8 cm³/mol. The standard InChI is InChI=1S/C19H28N2O4/c1-13(2)15(11-14-7-5-6-8-16(14)25-4)20-18(24)21-10-9-19(3,12-21)17(22)23/h5-8,13,15H,9-12H2,1-4H3,(H,20,24)(H,22,23). The molecule has 138 valence electrons. The minimum absolute atomic E-state index is 0.0551. The number of carboxylic acid groups (broad SMARTS) is 1. The first-order valence-electron chi connectivity index (χ1n) is 8.67. The number of aliphatic carboxylic acids is 1. The highest BCUT2D eigenvalue weighted by Gasteiger charge is 2.42. The zero-order valence-corrected chi connectivity index (χ0v) is 15.4. The SMILES string of the molecule is COc1ccccc1CC(NC(=O)N1CCC(C)(C(=O)O)C1)C(C)C. The summed E-state index contributed by atoms with van der Waals surface area (Å²) in [5.41, 5.74) is 0.189. The number of urea groups is 1. The Hall–Kier alpha value is -2.24. The fourth-order valence-electron chi connectivity index (χ4n) is 3.12. The third kappa shape index (κ3) is 4.44. The van der Waals surface area contributed by atoms with Crippen molar-refractivity contribution in [2.45, 2.75) is 39.7 Å². The number of para-hydroxylation sites is 1. The number of hydrogen-bond acceptors (Lipinski definition) is 3. The molecular weight excluding hydrogens is 320 g/mol. The summed E-state index contributed by atoms with van der Waals surface area (Å²) >= 11 is 0. The Morgan fingerprint density at radius 2 is 2.04 bits per heavy atom. The number of carbonyl (C=O) groups excluding carboxylic acids is 1. The van der Waals surface area contributed by atoms with Crippen molar-refractivity contribution >= 4 is 12.0 Å². The molecule has 1 aliphatic rings. The lowest BCUT2D eigenvalue weighted by atomic mass is 9.90. The summed E-state index contributed by atoms with van der Waals surface area (Å²) in [7, 11) is 1.64. The summed E-state index contributed by atoms with van der Waals surface area (Å²) < 4.78 is 5.40. The molecule has 25 heavy (non-hydrogen) atoms. The normalized spacial score (nSPS) is 21.2. The summed E-state index contributed by atoms with van der Waals surface area (Å²) in [6.07, 6.45) is 1.14. The minimum Gasteiger partial charge on any atom is -0.496 e. The zero-order valence-electron chi connectivity index (χ0n) is 15.4. The number of likely N-dealkylation sites (tertiary alicyclic amines) is 1. The molecule has 6 heteroatoms. The molecule has 2 N–H and O–H groups in total. The molecule has 1 aromatic rings. The lowest BCUT2D eigenvalue weighted by Crippen LogP contribution is -2.47. The van der Waals surface area contributed by atoms with Crippen LogP contribution < -0.4 is 10.1 Å². The van der Waals surface area contributed by atoms with Gasteiger partial charge in [0.2, 0.25) is 0 Å². The Morgan fingerprint density at radius 3 is 2.60 bits per heavy atom. The smallest absolute Gasteiger partial charge is 0.317 e. The van der Waals surface area contributed by atoms with Gasteiger partial charge in [0.1, 0.15) is 5.75 Å². The fourth-order valence-corrected chi connectivity index (χ4v) is 3.12. The van der Waals surface area contributed by atoms with Gasteiger partial charge in [0, 0.05) is 19.1 Å². The molecule has 1 aromatic carbocycles. The van der Waals surface area contributed by atoms with Gasteiger partial charge in [0.05, 0.1) is 12.5 Å². The van der Waals surface area contributed by atoms with E-state index in [0.29, 0.717) is 19.4 Å². The Kier molecular flexibility index (Phi) is 5.93. The van der Waals surface area contributed by atoms with Gasteiger partial charge in [0.25, 0.3) is 0 Å². The van der Waals surface area contributed by atoms with Crippen LogP contribution in [0, 0.1) is 11.3 Å². The van der Waals surface area contributed by atoms with Crippen molar-refractivity contribution in [3.63, 3.8) is 0 Å². The molecule has 2 rings (SSSR count). The molecular formula is C19H28N2O4. The van der Waals surface area contributed by atoms with E-state index in [1.54, 1.807) is 18.9 Å². The third-order valence-corrected chi connectivity index (χ3v) is 5.02. The van der Waals surface area contributed by atoms with Crippen molar-refractivity contribution < 1.29 is 19.4 Å². The average molecular weight is 348 g/mol. The first-order chi connectivity index (χ1) is 11.8. The van der Waals surface area contributed by atoms with E-state index in [9.17, 15) is 14.7 Å². The molecule has 6 nitrogen and oxygen atoms in total. The summed E-state index contributed by atoms with van der Waals surface area (Å²) in [5, 5.41) is 12.4. The first-order valence-corrected chi connectivity index (χ1v) is 8.67. The summed E-state index contributed by atoms with van der Waals surface area (Å²) in [5.74, 6) is 0.196. The van der Waals surface area contributed by atoms with Crippen LogP contribution in [0.4, 0.5) is 4.79 Å². The van der Waals surface area contributed by atoms with Gasteiger partial charge in [-0.25, -0.2) is 4.79 Å². The van der Waals surface area contributed by atoms with Crippen LogP contribution in [0.15, 0.2) is 24.3 Å². The highest BCUT2D eigenvalue weighted by molar-refractivity contribution is 5.79. The number of benzene rings is 1. The number of hydrogen-bond donors (Lipinski definition) is 2. The van der Waals surface area contributed by atoms with Gasteiger partial charge in [-0.15, -0.1) is 0 Å². The van der Waals surface area contributed by atoms with E-state index in [-0.39, 0.29) is 24.5 Å². The lowest BCUT2D eigenvalue weighted by molar-refractivity contribution is -0.147. The van der Waals surface area contributed by atoms with E-state index < -0.39 is 11.4 Å². The molecule has 0 aromatic heterocycles. The van der Waals surface area contributed by atoms with Crippen LogP contribution in [0.2, 0.25) is 0 Å². The third-order valence-electron chi connectivity index (χ3n) is 5.02. The van der Waals surface area contributed by atoms with E-state index in [2.05, 4.69) is 19.2 Å². The van der Waals surface area contributed by atoms with Gasteiger partial charge in [-0.2, -0.15) is 0 Å². The molecule has 2 amide bonds. The van der Waals surface area contributed by atoms with Crippen LogP contribution in [0.1, 0.15) is 32.8 Å².